The van der Waals surface area contributed by atoms with E-state index in [9.17, 15) is 4.79 Å². The van der Waals surface area contributed by atoms with Crippen molar-refractivity contribution in [3.05, 3.63) is 0 Å². The molecule has 2 saturated heterocycles. The zero-order chi connectivity index (χ0) is 9.97. The molecule has 0 spiro atoms. The molecule has 0 aliphatic carbocycles. The third-order valence-electron chi connectivity index (χ3n) is 3.05. The average molecular weight is 214 g/mol. The minimum Gasteiger partial charge on any atom is -0.328 e. The molecule has 4 heteroatoms. The van der Waals surface area contributed by atoms with Crippen LogP contribution in [-0.4, -0.2) is 41.6 Å². The van der Waals surface area contributed by atoms with E-state index in [0.717, 1.165) is 25.6 Å². The van der Waals surface area contributed by atoms with Crippen LogP contribution in [0.5, 0.6) is 0 Å². The van der Waals surface area contributed by atoms with Crippen molar-refractivity contribution in [2.75, 3.05) is 24.7 Å². The zero-order valence-electron chi connectivity index (χ0n) is 8.66. The van der Waals surface area contributed by atoms with Crippen molar-refractivity contribution in [2.24, 2.45) is 5.92 Å². The molecule has 14 heavy (non-hydrogen) atoms. The summed E-state index contributed by atoms with van der Waals surface area (Å²) in [5, 5.41) is 3.25. The highest BCUT2D eigenvalue weighted by atomic mass is 32.2. The van der Waals surface area contributed by atoms with Crippen molar-refractivity contribution in [3.8, 4) is 0 Å². The predicted molar refractivity (Wildman–Crippen MR) is 59.2 cm³/mol. The Morgan fingerprint density at radius 3 is 3.07 bits per heavy atom. The lowest BCUT2D eigenvalue weighted by atomic mass is 10.1. The van der Waals surface area contributed by atoms with Gasteiger partial charge in [0.1, 0.15) is 0 Å². The summed E-state index contributed by atoms with van der Waals surface area (Å²) in [7, 11) is 0. The number of nitrogens with one attached hydrogen (secondary N) is 1. The maximum absolute atomic E-state index is 11.8. The Balaban J connectivity index is 1.84. The number of carbonyl (C=O) groups excluding carboxylic acids is 1. The number of hydrogen-bond donors (Lipinski definition) is 1. The van der Waals surface area contributed by atoms with Crippen molar-refractivity contribution in [2.45, 2.75) is 25.8 Å². The molecule has 0 radical (unpaired) electrons. The molecule has 3 nitrogen and oxygen atoms in total. The van der Waals surface area contributed by atoms with Gasteiger partial charge in [-0.3, -0.25) is 10.1 Å². The fraction of sp³-hybridized carbons (Fsp3) is 0.900. The van der Waals surface area contributed by atoms with Gasteiger partial charge in [-0.15, -0.1) is 0 Å². The number of nitrogens with zero attached hydrogens (tertiary/aromatic N) is 1. The van der Waals surface area contributed by atoms with Gasteiger partial charge in [-0.2, -0.15) is 11.8 Å². The van der Waals surface area contributed by atoms with Gasteiger partial charge in [0, 0.05) is 6.54 Å². The summed E-state index contributed by atoms with van der Waals surface area (Å²) in [5.41, 5.74) is 0. The lowest BCUT2D eigenvalue weighted by Crippen LogP contribution is -2.33. The van der Waals surface area contributed by atoms with Crippen LogP contribution in [0.2, 0.25) is 0 Å². The number of carbonyl (C=O) groups is 1. The van der Waals surface area contributed by atoms with Crippen LogP contribution in [0.25, 0.3) is 0 Å². The van der Waals surface area contributed by atoms with Gasteiger partial charge in [0.2, 0.25) is 5.91 Å². The van der Waals surface area contributed by atoms with Gasteiger partial charge < -0.3 is 4.90 Å². The van der Waals surface area contributed by atoms with Crippen molar-refractivity contribution in [3.63, 3.8) is 0 Å². The Bertz CT molecular complexity index is 216. The van der Waals surface area contributed by atoms with Crippen LogP contribution in [0.15, 0.2) is 0 Å². The van der Waals surface area contributed by atoms with Crippen molar-refractivity contribution >= 4 is 17.7 Å². The molecule has 0 aromatic heterocycles. The summed E-state index contributed by atoms with van der Waals surface area (Å²) in [6.45, 7) is 3.79. The van der Waals surface area contributed by atoms with Gasteiger partial charge in [0.15, 0.2) is 0 Å². The molecule has 2 atom stereocenters. The smallest absolute Gasteiger partial charge is 0.240 e. The van der Waals surface area contributed by atoms with Crippen LogP contribution in [0.1, 0.15) is 19.8 Å². The molecule has 1 amide bonds. The first-order valence-corrected chi connectivity index (χ1v) is 6.56. The SMILES string of the molecule is CCC1NCN(CC2CCSC2)C1=O. The molecule has 0 bridgehead atoms. The molecule has 0 aromatic rings. The lowest BCUT2D eigenvalue weighted by molar-refractivity contribution is -0.129. The van der Waals surface area contributed by atoms with E-state index in [4.69, 9.17) is 0 Å². The molecule has 2 fully saturated rings. The van der Waals surface area contributed by atoms with Gasteiger partial charge in [0.05, 0.1) is 12.7 Å². The van der Waals surface area contributed by atoms with E-state index in [-0.39, 0.29) is 6.04 Å². The first-order valence-electron chi connectivity index (χ1n) is 5.41. The van der Waals surface area contributed by atoms with E-state index in [1.165, 1.54) is 17.9 Å². The summed E-state index contributed by atoms with van der Waals surface area (Å²) in [5.74, 6) is 3.56. The second-order valence-electron chi connectivity index (χ2n) is 4.11. The number of thioether (sulfide) groups is 1. The highest BCUT2D eigenvalue weighted by Gasteiger charge is 2.31. The third kappa shape index (κ3) is 2.06. The van der Waals surface area contributed by atoms with Crippen LogP contribution in [0, 0.1) is 5.92 Å². The topological polar surface area (TPSA) is 32.3 Å². The minimum atomic E-state index is 0.0871. The first kappa shape index (κ1) is 10.3. The van der Waals surface area contributed by atoms with Crippen LogP contribution in [0.4, 0.5) is 0 Å². The number of rotatable bonds is 3. The maximum atomic E-state index is 11.8. The standard InChI is InChI=1S/C10H18N2OS/c1-2-9-10(13)12(7-11-9)5-8-3-4-14-6-8/h8-9,11H,2-7H2,1H3. The van der Waals surface area contributed by atoms with E-state index < -0.39 is 0 Å². The highest BCUT2D eigenvalue weighted by Crippen LogP contribution is 2.24. The minimum absolute atomic E-state index is 0.0871. The molecule has 2 aliphatic rings. The van der Waals surface area contributed by atoms with E-state index in [1.54, 1.807) is 0 Å². The molecule has 2 aliphatic heterocycles. The van der Waals surface area contributed by atoms with Gasteiger partial charge in [-0.1, -0.05) is 6.92 Å². The summed E-state index contributed by atoms with van der Waals surface area (Å²) >= 11 is 2.01. The van der Waals surface area contributed by atoms with Gasteiger partial charge in [0.25, 0.3) is 0 Å². The first-order chi connectivity index (χ1) is 6.81. The molecule has 0 aromatic carbocycles. The maximum Gasteiger partial charge on any atom is 0.240 e. The quantitative estimate of drug-likeness (QED) is 0.758. The number of hydrogen-bond acceptors (Lipinski definition) is 3. The Morgan fingerprint density at radius 2 is 2.50 bits per heavy atom. The van der Waals surface area contributed by atoms with Crippen molar-refractivity contribution in [1.82, 2.24) is 10.2 Å². The molecule has 2 rings (SSSR count). The van der Waals surface area contributed by atoms with Crippen LogP contribution in [-0.2, 0) is 4.79 Å². The van der Waals surface area contributed by atoms with E-state index >= 15 is 0 Å². The normalized spacial score (nSPS) is 32.9. The fourth-order valence-corrected chi connectivity index (χ4v) is 3.39. The van der Waals surface area contributed by atoms with E-state index in [2.05, 4.69) is 12.2 Å². The summed E-state index contributed by atoms with van der Waals surface area (Å²) in [6.07, 6.45) is 2.19. The molecule has 1 N–H and O–H groups in total. The molecular weight excluding hydrogens is 196 g/mol. The van der Waals surface area contributed by atoms with Gasteiger partial charge in [-0.05, 0) is 30.3 Å². The average Bonchev–Trinajstić information content (AvgIpc) is 2.79. The predicted octanol–water partition coefficient (Wildman–Crippen LogP) is 0.907. The monoisotopic (exact) mass is 214 g/mol. The van der Waals surface area contributed by atoms with Crippen molar-refractivity contribution in [1.29, 1.82) is 0 Å². The zero-order valence-corrected chi connectivity index (χ0v) is 9.48. The van der Waals surface area contributed by atoms with Gasteiger partial charge in [-0.25, -0.2) is 0 Å². The van der Waals surface area contributed by atoms with Gasteiger partial charge >= 0.3 is 0 Å². The Hall–Kier alpha value is -0.220. The highest BCUT2D eigenvalue weighted by molar-refractivity contribution is 7.99. The second kappa shape index (κ2) is 4.53. The second-order valence-corrected chi connectivity index (χ2v) is 5.26. The summed E-state index contributed by atoms with van der Waals surface area (Å²) in [4.78, 5) is 13.8. The summed E-state index contributed by atoms with van der Waals surface area (Å²) in [6, 6.07) is 0.0871. The summed E-state index contributed by atoms with van der Waals surface area (Å²) < 4.78 is 0. The Morgan fingerprint density at radius 1 is 1.64 bits per heavy atom. The van der Waals surface area contributed by atoms with E-state index in [0.29, 0.717) is 5.91 Å². The van der Waals surface area contributed by atoms with Crippen molar-refractivity contribution < 1.29 is 4.79 Å². The lowest BCUT2D eigenvalue weighted by Gasteiger charge is -2.19. The fourth-order valence-electron chi connectivity index (χ4n) is 2.12. The Labute approximate surface area is 89.6 Å². The Kier molecular flexibility index (Phi) is 3.34. The molecule has 2 heterocycles. The molecular formula is C10H18N2OS. The molecule has 2 unspecified atom stereocenters. The molecule has 80 valence electrons. The molecule has 0 saturated carbocycles. The van der Waals surface area contributed by atoms with Crippen LogP contribution >= 0.6 is 11.8 Å². The number of amides is 1. The van der Waals surface area contributed by atoms with Crippen LogP contribution in [0.3, 0.4) is 0 Å². The van der Waals surface area contributed by atoms with Crippen LogP contribution < -0.4 is 5.32 Å². The third-order valence-corrected chi connectivity index (χ3v) is 4.28. The van der Waals surface area contributed by atoms with E-state index in [1.807, 2.05) is 16.7 Å². The largest absolute Gasteiger partial charge is 0.328 e.